The van der Waals surface area contributed by atoms with E-state index in [0.717, 1.165) is 17.8 Å². The average Bonchev–Trinajstić information content (AvgIpc) is 2.38. The fourth-order valence-corrected chi connectivity index (χ4v) is 3.75. The Balaban J connectivity index is 1.73. The Labute approximate surface area is 109 Å². The van der Waals surface area contributed by atoms with Crippen LogP contribution in [0.25, 0.3) is 0 Å². The molecule has 2 radical (unpaired) electrons. The van der Waals surface area contributed by atoms with E-state index in [-0.39, 0.29) is 0 Å². The zero-order valence-corrected chi connectivity index (χ0v) is 11.4. The first-order valence-electron chi connectivity index (χ1n) is 7.71. The van der Waals surface area contributed by atoms with Crippen molar-refractivity contribution in [2.24, 2.45) is 17.8 Å². The molecule has 0 aromatic rings. The van der Waals surface area contributed by atoms with Crippen molar-refractivity contribution >= 4 is 7.85 Å². The lowest BCUT2D eigenvalue weighted by atomic mass is 9.65. The zero-order chi connectivity index (χ0) is 12.1. The molecule has 2 saturated carbocycles. The Bertz CT molecular complexity index is 230. The standard InChI is InChI=1S/C16H27B/c1-2-3-4-13-5-7-14(8-6-13)15-9-11-16(17)12-10-15/h3-4,13-16H,2,5-12H2,1H3/b4-3+. The van der Waals surface area contributed by atoms with Gasteiger partial charge in [0.2, 0.25) is 0 Å². The molecule has 94 valence electrons. The van der Waals surface area contributed by atoms with Gasteiger partial charge in [-0.2, -0.15) is 0 Å². The van der Waals surface area contributed by atoms with Crippen molar-refractivity contribution in [2.45, 2.75) is 70.5 Å². The van der Waals surface area contributed by atoms with E-state index in [1.807, 2.05) is 0 Å². The summed E-state index contributed by atoms with van der Waals surface area (Å²) in [6.07, 6.45) is 17.2. The number of hydrogen-bond acceptors (Lipinski definition) is 0. The van der Waals surface area contributed by atoms with Gasteiger partial charge in [0.1, 0.15) is 0 Å². The molecule has 2 aliphatic rings. The summed E-state index contributed by atoms with van der Waals surface area (Å²) in [5.74, 6) is 3.42. The highest BCUT2D eigenvalue weighted by molar-refractivity contribution is 6.11. The monoisotopic (exact) mass is 230 g/mol. The molecule has 0 unspecified atom stereocenters. The van der Waals surface area contributed by atoms with Crippen LogP contribution < -0.4 is 0 Å². The Morgan fingerprint density at radius 2 is 1.41 bits per heavy atom. The number of rotatable bonds is 3. The summed E-state index contributed by atoms with van der Waals surface area (Å²) < 4.78 is 0. The summed E-state index contributed by atoms with van der Waals surface area (Å²) in [7, 11) is 5.99. The van der Waals surface area contributed by atoms with Gasteiger partial charge in [-0.25, -0.2) is 0 Å². The van der Waals surface area contributed by atoms with Crippen molar-refractivity contribution in [2.75, 3.05) is 0 Å². The highest BCUT2D eigenvalue weighted by Crippen LogP contribution is 2.42. The van der Waals surface area contributed by atoms with E-state index in [2.05, 4.69) is 19.1 Å². The van der Waals surface area contributed by atoms with Crippen molar-refractivity contribution in [3.05, 3.63) is 12.2 Å². The molecule has 0 heterocycles. The molecule has 2 rings (SSSR count). The lowest BCUT2D eigenvalue weighted by Gasteiger charge is -2.36. The molecule has 2 fully saturated rings. The van der Waals surface area contributed by atoms with E-state index in [4.69, 9.17) is 7.85 Å². The Hall–Kier alpha value is -0.195. The van der Waals surface area contributed by atoms with Crippen molar-refractivity contribution in [3.63, 3.8) is 0 Å². The van der Waals surface area contributed by atoms with Crippen LogP contribution in [0.15, 0.2) is 12.2 Å². The molecule has 0 saturated heterocycles. The molecule has 2 aliphatic carbocycles. The molecule has 0 amide bonds. The molecule has 0 nitrogen and oxygen atoms in total. The summed E-state index contributed by atoms with van der Waals surface area (Å²) in [5, 5.41) is 0. The molecule has 0 bridgehead atoms. The minimum Gasteiger partial charge on any atom is -0.0885 e. The molecule has 0 aromatic heterocycles. The summed E-state index contributed by atoms with van der Waals surface area (Å²) in [4.78, 5) is 0. The predicted molar refractivity (Wildman–Crippen MR) is 76.3 cm³/mol. The van der Waals surface area contributed by atoms with Gasteiger partial charge in [0, 0.05) is 0 Å². The summed E-state index contributed by atoms with van der Waals surface area (Å²) in [6.45, 7) is 2.23. The Morgan fingerprint density at radius 1 is 0.882 bits per heavy atom. The minimum absolute atomic E-state index is 0.509. The molecular formula is C16H27B. The fourth-order valence-electron chi connectivity index (χ4n) is 3.75. The van der Waals surface area contributed by atoms with E-state index >= 15 is 0 Å². The third kappa shape index (κ3) is 3.90. The van der Waals surface area contributed by atoms with Gasteiger partial charge in [0.05, 0.1) is 7.85 Å². The van der Waals surface area contributed by atoms with Gasteiger partial charge in [0.25, 0.3) is 0 Å². The number of hydrogen-bond donors (Lipinski definition) is 0. The first-order valence-corrected chi connectivity index (χ1v) is 7.71. The van der Waals surface area contributed by atoms with E-state index < -0.39 is 0 Å². The van der Waals surface area contributed by atoms with Crippen LogP contribution in [0.1, 0.15) is 64.7 Å². The smallest absolute Gasteiger partial charge is 0.0699 e. The molecular weight excluding hydrogens is 203 g/mol. The van der Waals surface area contributed by atoms with Crippen LogP contribution in [-0.2, 0) is 0 Å². The molecule has 17 heavy (non-hydrogen) atoms. The van der Waals surface area contributed by atoms with E-state index in [1.54, 1.807) is 0 Å². The van der Waals surface area contributed by atoms with Crippen LogP contribution in [0.2, 0.25) is 5.82 Å². The van der Waals surface area contributed by atoms with Gasteiger partial charge in [-0.3, -0.25) is 0 Å². The third-order valence-corrected chi connectivity index (χ3v) is 4.94. The lowest BCUT2D eigenvalue weighted by molar-refractivity contribution is 0.180. The largest absolute Gasteiger partial charge is 0.0885 e. The second-order valence-corrected chi connectivity index (χ2v) is 6.19. The SMILES string of the molecule is [B]C1CCC(C2CCC(/C=C/CC)CC2)CC1. The number of allylic oxidation sites excluding steroid dienone is 2. The first kappa shape index (κ1) is 13.2. The van der Waals surface area contributed by atoms with Gasteiger partial charge in [0.15, 0.2) is 0 Å². The van der Waals surface area contributed by atoms with Crippen molar-refractivity contribution in [1.82, 2.24) is 0 Å². The van der Waals surface area contributed by atoms with Gasteiger partial charge in [-0.05, 0) is 49.9 Å². The van der Waals surface area contributed by atoms with Crippen LogP contribution in [0.3, 0.4) is 0 Å². The second kappa shape index (κ2) is 6.66. The molecule has 1 heteroatoms. The van der Waals surface area contributed by atoms with Crippen LogP contribution in [0.4, 0.5) is 0 Å². The Kier molecular flexibility index (Phi) is 5.19. The van der Waals surface area contributed by atoms with E-state index in [9.17, 15) is 0 Å². The topological polar surface area (TPSA) is 0 Å². The van der Waals surface area contributed by atoms with Gasteiger partial charge < -0.3 is 0 Å². The molecule has 0 N–H and O–H groups in total. The van der Waals surface area contributed by atoms with E-state index in [1.165, 1.54) is 57.8 Å². The van der Waals surface area contributed by atoms with Gasteiger partial charge in [-0.15, -0.1) is 0 Å². The summed E-state index contributed by atoms with van der Waals surface area (Å²) in [6, 6.07) is 0. The van der Waals surface area contributed by atoms with E-state index in [0.29, 0.717) is 5.82 Å². The first-order chi connectivity index (χ1) is 8.29. The van der Waals surface area contributed by atoms with Gasteiger partial charge >= 0.3 is 0 Å². The average molecular weight is 230 g/mol. The highest BCUT2D eigenvalue weighted by atomic mass is 14.3. The third-order valence-electron chi connectivity index (χ3n) is 4.94. The maximum absolute atomic E-state index is 5.99. The van der Waals surface area contributed by atoms with Crippen LogP contribution in [-0.4, -0.2) is 7.85 Å². The van der Waals surface area contributed by atoms with Gasteiger partial charge in [-0.1, -0.05) is 50.6 Å². The zero-order valence-electron chi connectivity index (χ0n) is 11.4. The summed E-state index contributed by atoms with van der Waals surface area (Å²) >= 11 is 0. The lowest BCUT2D eigenvalue weighted by Crippen LogP contribution is -2.24. The van der Waals surface area contributed by atoms with Crippen LogP contribution in [0, 0.1) is 17.8 Å². The van der Waals surface area contributed by atoms with Crippen LogP contribution in [0.5, 0.6) is 0 Å². The quantitative estimate of drug-likeness (QED) is 0.477. The van der Waals surface area contributed by atoms with Crippen molar-refractivity contribution < 1.29 is 0 Å². The maximum atomic E-state index is 5.99. The maximum Gasteiger partial charge on any atom is 0.0699 e. The second-order valence-electron chi connectivity index (χ2n) is 6.19. The van der Waals surface area contributed by atoms with Crippen LogP contribution >= 0.6 is 0 Å². The van der Waals surface area contributed by atoms with Crippen molar-refractivity contribution in [3.8, 4) is 0 Å². The molecule has 0 atom stereocenters. The normalized spacial score (nSPS) is 39.6. The molecule has 0 aromatic carbocycles. The Morgan fingerprint density at radius 3 is 1.94 bits per heavy atom. The molecule has 0 aliphatic heterocycles. The predicted octanol–water partition coefficient (Wildman–Crippen LogP) is 4.91. The summed E-state index contributed by atoms with van der Waals surface area (Å²) in [5.41, 5.74) is 0. The minimum atomic E-state index is 0.509. The molecule has 0 spiro atoms. The highest BCUT2D eigenvalue weighted by Gasteiger charge is 2.28. The fraction of sp³-hybridized carbons (Fsp3) is 0.875. The van der Waals surface area contributed by atoms with Crippen molar-refractivity contribution in [1.29, 1.82) is 0 Å².